The molecule has 0 spiro atoms. The van der Waals surface area contributed by atoms with E-state index in [1.807, 2.05) is 11.3 Å². The summed E-state index contributed by atoms with van der Waals surface area (Å²) in [7, 11) is 0. The Labute approximate surface area is 414 Å². The first kappa shape index (κ1) is 40.2. The summed E-state index contributed by atoms with van der Waals surface area (Å²) < 4.78 is 17.1. The van der Waals surface area contributed by atoms with Crippen LogP contribution in [0.3, 0.4) is 0 Å². The van der Waals surface area contributed by atoms with Gasteiger partial charge in [-0.25, -0.2) is 0 Å². The van der Waals surface area contributed by atoms with Gasteiger partial charge >= 0.3 is 0 Å². The second-order valence-corrected chi connectivity index (χ2v) is 19.9. The van der Waals surface area contributed by atoms with Gasteiger partial charge < -0.3 is 8.83 Å². The molecule has 0 radical (unpaired) electrons. The molecule has 11 aromatic carbocycles. The van der Waals surface area contributed by atoms with Crippen LogP contribution in [-0.4, -0.2) is 0 Å². The van der Waals surface area contributed by atoms with E-state index in [1.54, 1.807) is 0 Å². The number of fused-ring (bicyclic) bond motifs is 12. The molecule has 15 rings (SSSR count). The second kappa shape index (κ2) is 15.6. The SMILES string of the molecule is c1ccc(-c2ccccc2C(c2cccc3c2sc2ccccc23)c2cccc3oc4c(-c5cccc6c5-c5ccccc5C6(c5ccccc5)c5ccccc5)c5c(cc4c23)oc2ccccc25)cc1. The number of furan rings is 2. The number of rotatable bonds is 7. The topological polar surface area (TPSA) is 26.3 Å². The van der Waals surface area contributed by atoms with Crippen molar-refractivity contribution >= 4 is 75.4 Å². The van der Waals surface area contributed by atoms with E-state index >= 15 is 0 Å². The van der Waals surface area contributed by atoms with Gasteiger partial charge in [0.15, 0.2) is 0 Å². The van der Waals surface area contributed by atoms with E-state index in [1.165, 1.54) is 81.4 Å². The summed E-state index contributed by atoms with van der Waals surface area (Å²) in [6, 6.07) is 91.0. The Morgan fingerprint density at radius 2 is 0.930 bits per heavy atom. The minimum Gasteiger partial charge on any atom is -0.456 e. The van der Waals surface area contributed by atoms with Crippen LogP contribution in [0.15, 0.2) is 258 Å². The number of para-hydroxylation sites is 1. The van der Waals surface area contributed by atoms with Crippen LogP contribution in [0.5, 0.6) is 0 Å². The molecule has 332 valence electrons. The molecule has 1 aliphatic carbocycles. The molecule has 14 aromatic rings. The normalized spacial score (nSPS) is 13.4. The highest BCUT2D eigenvalue weighted by Gasteiger charge is 2.47. The van der Waals surface area contributed by atoms with Gasteiger partial charge in [0.2, 0.25) is 0 Å². The predicted octanol–water partition coefficient (Wildman–Crippen LogP) is 18.7. The molecule has 71 heavy (non-hydrogen) atoms. The predicted molar refractivity (Wildman–Crippen MR) is 296 cm³/mol. The van der Waals surface area contributed by atoms with Gasteiger partial charge in [-0.2, -0.15) is 0 Å². The lowest BCUT2D eigenvalue weighted by Gasteiger charge is -2.34. The Bertz CT molecular complexity index is 4360. The number of hydrogen-bond acceptors (Lipinski definition) is 3. The first-order valence-corrected chi connectivity index (χ1v) is 25.3. The minimum absolute atomic E-state index is 0.160. The van der Waals surface area contributed by atoms with E-state index < -0.39 is 5.41 Å². The zero-order valence-electron chi connectivity index (χ0n) is 38.5. The summed E-state index contributed by atoms with van der Waals surface area (Å²) in [6.07, 6.45) is 0. The molecule has 0 bridgehead atoms. The summed E-state index contributed by atoms with van der Waals surface area (Å²) in [4.78, 5) is 0. The molecule has 0 saturated heterocycles. The van der Waals surface area contributed by atoms with Crippen LogP contribution in [0, 0.1) is 0 Å². The maximum atomic E-state index is 7.51. The monoisotopic (exact) mass is 922 g/mol. The highest BCUT2D eigenvalue weighted by atomic mass is 32.1. The lowest BCUT2D eigenvalue weighted by atomic mass is 9.67. The van der Waals surface area contributed by atoms with Gasteiger partial charge in [0.05, 0.1) is 5.41 Å². The Morgan fingerprint density at radius 3 is 1.75 bits per heavy atom. The van der Waals surface area contributed by atoms with Gasteiger partial charge in [-0.1, -0.05) is 224 Å². The molecule has 0 saturated carbocycles. The Hall–Kier alpha value is -8.76. The molecule has 0 fully saturated rings. The molecule has 3 aromatic heterocycles. The van der Waals surface area contributed by atoms with Gasteiger partial charge in [0.1, 0.15) is 22.3 Å². The zero-order chi connectivity index (χ0) is 46.6. The lowest BCUT2D eigenvalue weighted by Crippen LogP contribution is -2.28. The lowest BCUT2D eigenvalue weighted by molar-refractivity contribution is 0.664. The van der Waals surface area contributed by atoms with Crippen molar-refractivity contribution in [2.45, 2.75) is 11.3 Å². The largest absolute Gasteiger partial charge is 0.456 e. The maximum absolute atomic E-state index is 7.51. The smallest absolute Gasteiger partial charge is 0.144 e. The van der Waals surface area contributed by atoms with E-state index in [0.717, 1.165) is 55.0 Å². The van der Waals surface area contributed by atoms with Crippen molar-refractivity contribution in [1.29, 1.82) is 0 Å². The van der Waals surface area contributed by atoms with Crippen molar-refractivity contribution < 1.29 is 8.83 Å². The minimum atomic E-state index is -0.566. The number of benzene rings is 11. The molecule has 1 unspecified atom stereocenters. The van der Waals surface area contributed by atoms with Crippen molar-refractivity contribution in [2.75, 3.05) is 0 Å². The van der Waals surface area contributed by atoms with Gasteiger partial charge in [-0.3, -0.25) is 0 Å². The van der Waals surface area contributed by atoms with Crippen LogP contribution in [0.25, 0.3) is 97.4 Å². The molecule has 3 heterocycles. The average Bonchev–Trinajstić information content (AvgIpc) is 4.21. The number of hydrogen-bond donors (Lipinski definition) is 0. The zero-order valence-corrected chi connectivity index (χ0v) is 39.3. The fourth-order valence-corrected chi connectivity index (χ4v) is 13.8. The first-order chi connectivity index (χ1) is 35.3. The summed E-state index contributed by atoms with van der Waals surface area (Å²) >= 11 is 1.89. The van der Waals surface area contributed by atoms with Gasteiger partial charge in [0.25, 0.3) is 0 Å². The van der Waals surface area contributed by atoms with Gasteiger partial charge in [-0.15, -0.1) is 11.3 Å². The Kier molecular flexibility index (Phi) is 8.84. The third-order valence-electron chi connectivity index (χ3n) is 15.3. The van der Waals surface area contributed by atoms with E-state index in [2.05, 4.69) is 249 Å². The molecule has 0 amide bonds. The molecular weight excluding hydrogens is 881 g/mol. The van der Waals surface area contributed by atoms with Crippen molar-refractivity contribution in [2.24, 2.45) is 0 Å². The molecule has 1 aliphatic rings. The molecule has 1 atom stereocenters. The van der Waals surface area contributed by atoms with Crippen molar-refractivity contribution in [1.82, 2.24) is 0 Å². The van der Waals surface area contributed by atoms with Crippen LogP contribution in [0.1, 0.15) is 44.9 Å². The fourth-order valence-electron chi connectivity index (χ4n) is 12.5. The standard InChI is InChI=1S/C68H42O2S/c1-4-21-42(22-5-1)45-27-10-11-29-47(45)61(53-35-18-32-48-46-28-14-17-40-60(46)71-67(48)53)51-34-20-39-58-63(51)54-41-59-64(50-31-13-16-38-57(50)69-59)65(66(54)70-58)52-33-19-37-56-62(52)49-30-12-15-36-55(49)68(56,43-23-6-2-7-24-43)44-25-8-3-9-26-44/h1-41,61H. The highest BCUT2D eigenvalue weighted by Crippen LogP contribution is 2.60. The van der Waals surface area contributed by atoms with E-state index in [9.17, 15) is 0 Å². The quantitative estimate of drug-likeness (QED) is 0.149. The Morgan fingerprint density at radius 1 is 0.352 bits per heavy atom. The summed E-state index contributed by atoms with van der Waals surface area (Å²) in [5.74, 6) is -0.160. The van der Waals surface area contributed by atoms with Crippen LogP contribution >= 0.6 is 11.3 Å². The van der Waals surface area contributed by atoms with Gasteiger partial charge in [0, 0.05) is 53.2 Å². The van der Waals surface area contributed by atoms with Crippen molar-refractivity contribution in [3.8, 4) is 33.4 Å². The second-order valence-electron chi connectivity index (χ2n) is 18.9. The fraction of sp³-hybridized carbons (Fsp3) is 0.0294. The van der Waals surface area contributed by atoms with Crippen LogP contribution in [0.2, 0.25) is 0 Å². The van der Waals surface area contributed by atoms with Crippen LogP contribution < -0.4 is 0 Å². The third-order valence-corrected chi connectivity index (χ3v) is 16.6. The van der Waals surface area contributed by atoms with E-state index in [4.69, 9.17) is 8.83 Å². The summed E-state index contributed by atoms with van der Waals surface area (Å²) in [5, 5.41) is 6.80. The molecule has 0 N–H and O–H groups in total. The van der Waals surface area contributed by atoms with Crippen LogP contribution in [-0.2, 0) is 5.41 Å². The van der Waals surface area contributed by atoms with E-state index in [0.29, 0.717) is 0 Å². The van der Waals surface area contributed by atoms with Crippen molar-refractivity contribution in [3.63, 3.8) is 0 Å². The van der Waals surface area contributed by atoms with Gasteiger partial charge in [-0.05, 0) is 91.0 Å². The maximum Gasteiger partial charge on any atom is 0.144 e. The van der Waals surface area contributed by atoms with Crippen LogP contribution in [0.4, 0.5) is 0 Å². The van der Waals surface area contributed by atoms with Crippen molar-refractivity contribution in [3.05, 3.63) is 288 Å². The molecule has 3 heteroatoms. The summed E-state index contributed by atoms with van der Waals surface area (Å²) in [6.45, 7) is 0. The molecule has 0 aliphatic heterocycles. The van der Waals surface area contributed by atoms with E-state index in [-0.39, 0.29) is 5.92 Å². The third kappa shape index (κ3) is 5.76. The Balaban J connectivity index is 1.08. The molecular formula is C68H42O2S. The summed E-state index contributed by atoms with van der Waals surface area (Å²) in [5.41, 5.74) is 18.5. The number of thiophene rings is 1. The highest BCUT2D eigenvalue weighted by molar-refractivity contribution is 7.26. The first-order valence-electron chi connectivity index (χ1n) is 24.4. The average molecular weight is 923 g/mol. The molecule has 2 nitrogen and oxygen atoms in total.